The van der Waals surface area contributed by atoms with Crippen molar-refractivity contribution in [1.82, 2.24) is 9.97 Å². The fraction of sp³-hybridized carbons (Fsp3) is 0.375. The van der Waals surface area contributed by atoms with Gasteiger partial charge < -0.3 is 15.2 Å². The maximum Gasteiger partial charge on any atom is 0.161 e. The molecular formula is C16H21N3O2. The average molecular weight is 287 g/mol. The highest BCUT2D eigenvalue weighted by Gasteiger charge is 2.15. The van der Waals surface area contributed by atoms with E-state index in [0.29, 0.717) is 17.5 Å². The van der Waals surface area contributed by atoms with E-state index in [2.05, 4.69) is 29.1 Å². The van der Waals surface area contributed by atoms with Crippen molar-refractivity contribution in [2.45, 2.75) is 26.7 Å². The van der Waals surface area contributed by atoms with Gasteiger partial charge in [-0.3, -0.25) is 0 Å². The van der Waals surface area contributed by atoms with Gasteiger partial charge in [-0.2, -0.15) is 0 Å². The van der Waals surface area contributed by atoms with Gasteiger partial charge in [-0.15, -0.1) is 0 Å². The number of methoxy groups -OCH3 is 1. The van der Waals surface area contributed by atoms with E-state index in [4.69, 9.17) is 4.74 Å². The molecule has 0 saturated heterocycles. The number of aromatic hydroxyl groups is 1. The highest BCUT2D eigenvalue weighted by molar-refractivity contribution is 5.64. The molecule has 2 aromatic rings. The number of benzene rings is 1. The number of anilines is 1. The molecule has 0 radical (unpaired) electrons. The second kappa shape index (κ2) is 5.99. The molecule has 0 amide bonds. The first-order valence-corrected chi connectivity index (χ1v) is 6.91. The minimum Gasteiger partial charge on any atom is -0.504 e. The normalized spacial score (nSPS) is 10.8. The monoisotopic (exact) mass is 287 g/mol. The van der Waals surface area contributed by atoms with Crippen LogP contribution in [0.15, 0.2) is 18.2 Å². The third kappa shape index (κ3) is 2.91. The topological polar surface area (TPSA) is 67.3 Å². The van der Waals surface area contributed by atoms with Gasteiger partial charge in [0.1, 0.15) is 5.82 Å². The lowest BCUT2D eigenvalue weighted by molar-refractivity contribution is 0.373. The summed E-state index contributed by atoms with van der Waals surface area (Å²) in [6.45, 7) is 6.23. The van der Waals surface area contributed by atoms with E-state index < -0.39 is 0 Å². The predicted octanol–water partition coefficient (Wildman–Crippen LogP) is 3.33. The molecular weight excluding hydrogens is 266 g/mol. The Hall–Kier alpha value is -2.30. The molecule has 112 valence electrons. The number of ether oxygens (including phenoxy) is 1. The van der Waals surface area contributed by atoms with E-state index >= 15 is 0 Å². The van der Waals surface area contributed by atoms with Gasteiger partial charge in [0.15, 0.2) is 17.3 Å². The first-order chi connectivity index (χ1) is 9.97. The standard InChI is InChI=1S/C16H21N3O2/c1-9(2)14-10(3)18-15(19-16(14)17-4)11-6-7-12(20)13(8-11)21-5/h6-9,20H,1-5H3,(H,17,18,19). The van der Waals surface area contributed by atoms with Crippen LogP contribution in [-0.2, 0) is 0 Å². The summed E-state index contributed by atoms with van der Waals surface area (Å²) in [5.74, 6) is 2.30. The summed E-state index contributed by atoms with van der Waals surface area (Å²) in [4.78, 5) is 9.18. The molecule has 0 saturated carbocycles. The van der Waals surface area contributed by atoms with Crippen molar-refractivity contribution in [2.75, 3.05) is 19.5 Å². The van der Waals surface area contributed by atoms with E-state index in [1.165, 1.54) is 7.11 Å². The third-order valence-corrected chi connectivity index (χ3v) is 3.39. The molecule has 0 aliphatic heterocycles. The Labute approximate surface area is 125 Å². The Balaban J connectivity index is 2.57. The number of aryl methyl sites for hydroxylation is 1. The number of nitrogens with one attached hydrogen (secondary N) is 1. The number of hydrogen-bond acceptors (Lipinski definition) is 5. The van der Waals surface area contributed by atoms with Crippen LogP contribution in [-0.4, -0.2) is 29.2 Å². The highest BCUT2D eigenvalue weighted by atomic mass is 16.5. The molecule has 0 aliphatic carbocycles. The molecule has 1 heterocycles. The van der Waals surface area contributed by atoms with Crippen molar-refractivity contribution in [3.05, 3.63) is 29.5 Å². The fourth-order valence-corrected chi connectivity index (χ4v) is 2.41. The zero-order valence-corrected chi connectivity index (χ0v) is 13.1. The Morgan fingerprint density at radius 1 is 1.24 bits per heavy atom. The van der Waals surface area contributed by atoms with Gasteiger partial charge in [-0.1, -0.05) is 13.8 Å². The fourth-order valence-electron chi connectivity index (χ4n) is 2.41. The number of hydrogen-bond donors (Lipinski definition) is 2. The van der Waals surface area contributed by atoms with Crippen molar-refractivity contribution in [3.8, 4) is 22.9 Å². The second-order valence-corrected chi connectivity index (χ2v) is 5.19. The molecule has 0 unspecified atom stereocenters. The molecule has 0 spiro atoms. The maximum absolute atomic E-state index is 9.68. The van der Waals surface area contributed by atoms with Gasteiger partial charge in [0.05, 0.1) is 7.11 Å². The van der Waals surface area contributed by atoms with Gasteiger partial charge in [-0.05, 0) is 31.0 Å². The third-order valence-electron chi connectivity index (χ3n) is 3.39. The molecule has 0 bridgehead atoms. The Morgan fingerprint density at radius 3 is 2.52 bits per heavy atom. The van der Waals surface area contributed by atoms with Gasteiger partial charge in [-0.25, -0.2) is 9.97 Å². The van der Waals surface area contributed by atoms with Crippen molar-refractivity contribution < 1.29 is 9.84 Å². The van der Waals surface area contributed by atoms with Crippen molar-refractivity contribution in [3.63, 3.8) is 0 Å². The minimum atomic E-state index is 0.102. The van der Waals surface area contributed by atoms with Gasteiger partial charge in [0, 0.05) is 23.9 Å². The van der Waals surface area contributed by atoms with Gasteiger partial charge in [0.2, 0.25) is 0 Å². The van der Waals surface area contributed by atoms with Crippen LogP contribution in [0.2, 0.25) is 0 Å². The average Bonchev–Trinajstić information content (AvgIpc) is 2.46. The van der Waals surface area contributed by atoms with Gasteiger partial charge in [0.25, 0.3) is 0 Å². The van der Waals surface area contributed by atoms with Crippen molar-refractivity contribution >= 4 is 5.82 Å². The van der Waals surface area contributed by atoms with Crippen LogP contribution < -0.4 is 10.1 Å². The number of phenols is 1. The van der Waals surface area contributed by atoms with Crippen LogP contribution in [0.3, 0.4) is 0 Å². The molecule has 21 heavy (non-hydrogen) atoms. The predicted molar refractivity (Wildman–Crippen MR) is 84.1 cm³/mol. The van der Waals surface area contributed by atoms with Crippen LogP contribution in [0.4, 0.5) is 5.82 Å². The highest BCUT2D eigenvalue weighted by Crippen LogP contribution is 2.32. The Bertz CT molecular complexity index is 654. The zero-order valence-electron chi connectivity index (χ0n) is 13.1. The first-order valence-electron chi connectivity index (χ1n) is 6.91. The summed E-state index contributed by atoms with van der Waals surface area (Å²) in [6.07, 6.45) is 0. The van der Waals surface area contributed by atoms with Crippen molar-refractivity contribution in [2.24, 2.45) is 0 Å². The number of nitrogens with zero attached hydrogens (tertiary/aromatic N) is 2. The molecule has 5 nitrogen and oxygen atoms in total. The van der Waals surface area contributed by atoms with Crippen LogP contribution >= 0.6 is 0 Å². The lowest BCUT2D eigenvalue weighted by Crippen LogP contribution is -2.07. The van der Waals surface area contributed by atoms with Crippen LogP contribution in [0.1, 0.15) is 31.0 Å². The van der Waals surface area contributed by atoms with Crippen LogP contribution in [0, 0.1) is 6.92 Å². The lowest BCUT2D eigenvalue weighted by atomic mass is 10.0. The number of phenolic OH excluding ortho intramolecular Hbond substituents is 1. The van der Waals surface area contributed by atoms with E-state index in [-0.39, 0.29) is 5.75 Å². The molecule has 1 aromatic heterocycles. The molecule has 0 aliphatic rings. The number of aromatic nitrogens is 2. The van der Waals surface area contributed by atoms with E-state index in [1.807, 2.05) is 14.0 Å². The lowest BCUT2D eigenvalue weighted by Gasteiger charge is -2.16. The molecule has 2 N–H and O–H groups in total. The quantitative estimate of drug-likeness (QED) is 0.902. The molecule has 5 heteroatoms. The van der Waals surface area contributed by atoms with Crippen molar-refractivity contribution in [1.29, 1.82) is 0 Å². The van der Waals surface area contributed by atoms with Crippen LogP contribution in [0.25, 0.3) is 11.4 Å². The zero-order chi connectivity index (χ0) is 15.6. The largest absolute Gasteiger partial charge is 0.504 e. The second-order valence-electron chi connectivity index (χ2n) is 5.19. The molecule has 0 fully saturated rings. The minimum absolute atomic E-state index is 0.102. The number of rotatable bonds is 4. The molecule has 2 rings (SSSR count). The SMILES string of the molecule is CNc1nc(-c2ccc(O)c(OC)c2)nc(C)c1C(C)C. The maximum atomic E-state index is 9.68. The molecule has 0 atom stereocenters. The summed E-state index contributed by atoms with van der Waals surface area (Å²) in [5, 5.41) is 12.8. The van der Waals surface area contributed by atoms with Gasteiger partial charge >= 0.3 is 0 Å². The molecule has 1 aromatic carbocycles. The summed E-state index contributed by atoms with van der Waals surface area (Å²) in [6, 6.07) is 5.10. The first kappa shape index (κ1) is 15.1. The Morgan fingerprint density at radius 2 is 1.95 bits per heavy atom. The van der Waals surface area contributed by atoms with E-state index in [1.54, 1.807) is 18.2 Å². The summed E-state index contributed by atoms with van der Waals surface area (Å²) < 4.78 is 5.13. The smallest absolute Gasteiger partial charge is 0.161 e. The van der Waals surface area contributed by atoms with E-state index in [0.717, 1.165) is 22.6 Å². The summed E-state index contributed by atoms with van der Waals surface area (Å²) >= 11 is 0. The summed E-state index contributed by atoms with van der Waals surface area (Å²) in [7, 11) is 3.38. The van der Waals surface area contributed by atoms with E-state index in [9.17, 15) is 5.11 Å². The summed E-state index contributed by atoms with van der Waals surface area (Å²) in [5.41, 5.74) is 2.87. The van der Waals surface area contributed by atoms with Crippen LogP contribution in [0.5, 0.6) is 11.5 Å². The Kier molecular flexibility index (Phi) is 4.31.